The van der Waals surface area contributed by atoms with Crippen LogP contribution in [0, 0.1) is 5.82 Å². The molecule has 0 aliphatic heterocycles. The minimum atomic E-state index is -0.367. The highest BCUT2D eigenvalue weighted by Gasteiger charge is 2.12. The molecular weight excluding hydrogens is 335 g/mol. The number of benzene rings is 2. The summed E-state index contributed by atoms with van der Waals surface area (Å²) >= 11 is 0. The first-order valence-electron chi connectivity index (χ1n) is 8.51. The Morgan fingerprint density at radius 2 is 1.88 bits per heavy atom. The number of halogens is 1. The molecule has 138 valence electrons. The first kappa shape index (κ1) is 19.4. The molecule has 2 aromatic rings. The lowest BCUT2D eigenvalue weighted by Gasteiger charge is -2.21. The fraction of sp³-hybridized carbons (Fsp3) is 0.300. The zero-order valence-electron chi connectivity index (χ0n) is 15.0. The number of hydrogen-bond donors (Lipinski definition) is 1. The molecule has 0 unspecified atom stereocenters. The van der Waals surface area contributed by atoms with E-state index in [0.29, 0.717) is 25.3 Å². The molecule has 0 atom stereocenters. The summed E-state index contributed by atoms with van der Waals surface area (Å²) in [6.45, 7) is 4.61. The first-order chi connectivity index (χ1) is 12.5. The summed E-state index contributed by atoms with van der Waals surface area (Å²) in [6, 6.07) is 13.2. The van der Waals surface area contributed by atoms with Crippen molar-refractivity contribution < 1.29 is 18.7 Å². The molecule has 0 fully saturated rings. The molecule has 0 spiro atoms. The van der Waals surface area contributed by atoms with E-state index >= 15 is 0 Å². The minimum Gasteiger partial charge on any atom is -0.494 e. The lowest BCUT2D eigenvalue weighted by molar-refractivity contribution is -0.121. The van der Waals surface area contributed by atoms with Gasteiger partial charge in [0.05, 0.1) is 13.0 Å². The summed E-state index contributed by atoms with van der Waals surface area (Å²) in [7, 11) is 0. The summed E-state index contributed by atoms with van der Waals surface area (Å²) in [5.74, 6) is 0.0380. The van der Waals surface area contributed by atoms with Gasteiger partial charge in [0.1, 0.15) is 11.6 Å². The molecule has 5 nitrogen and oxygen atoms in total. The normalized spacial score (nSPS) is 10.3. The number of carbonyl (C=O) groups excluding carboxylic acids is 2. The van der Waals surface area contributed by atoms with Gasteiger partial charge >= 0.3 is 0 Å². The molecular formula is C20H23FN2O3. The topological polar surface area (TPSA) is 58.6 Å². The fourth-order valence-corrected chi connectivity index (χ4v) is 2.56. The second-order valence-electron chi connectivity index (χ2n) is 5.75. The van der Waals surface area contributed by atoms with E-state index in [1.807, 2.05) is 6.92 Å². The summed E-state index contributed by atoms with van der Waals surface area (Å²) in [5, 5.41) is 2.76. The van der Waals surface area contributed by atoms with Gasteiger partial charge in [-0.3, -0.25) is 9.59 Å². The third kappa shape index (κ3) is 5.88. The standard InChI is InChI=1S/C20H23FN2O3/c1-3-26-19-9-7-18(8-10-19)23(15(2)24)12-11-22-20(25)14-16-5-4-6-17(21)13-16/h4-10,13H,3,11-12,14H2,1-2H3,(H,22,25). The van der Waals surface area contributed by atoms with Gasteiger partial charge in [0, 0.05) is 25.7 Å². The van der Waals surface area contributed by atoms with Crippen LogP contribution in [0.3, 0.4) is 0 Å². The number of carbonyl (C=O) groups is 2. The summed E-state index contributed by atoms with van der Waals surface area (Å²) in [4.78, 5) is 25.5. The van der Waals surface area contributed by atoms with E-state index in [4.69, 9.17) is 4.74 Å². The van der Waals surface area contributed by atoms with Crippen molar-refractivity contribution in [3.05, 3.63) is 59.9 Å². The third-order valence-corrected chi connectivity index (χ3v) is 3.75. The number of hydrogen-bond acceptors (Lipinski definition) is 3. The Hall–Kier alpha value is -2.89. The number of amides is 2. The van der Waals surface area contributed by atoms with Gasteiger partial charge in [-0.2, -0.15) is 0 Å². The molecule has 0 radical (unpaired) electrons. The molecule has 0 aromatic heterocycles. The Kier molecular flexibility index (Phi) is 7.14. The zero-order chi connectivity index (χ0) is 18.9. The maximum absolute atomic E-state index is 13.1. The minimum absolute atomic E-state index is 0.0981. The average Bonchev–Trinajstić information content (AvgIpc) is 2.60. The monoisotopic (exact) mass is 358 g/mol. The van der Waals surface area contributed by atoms with Gasteiger partial charge in [-0.25, -0.2) is 4.39 Å². The summed E-state index contributed by atoms with van der Waals surface area (Å²) in [5.41, 5.74) is 1.35. The third-order valence-electron chi connectivity index (χ3n) is 3.75. The average molecular weight is 358 g/mol. The molecule has 0 aliphatic carbocycles. The second kappa shape index (κ2) is 9.56. The van der Waals surface area contributed by atoms with Crippen molar-refractivity contribution in [1.82, 2.24) is 5.32 Å². The first-order valence-corrected chi connectivity index (χ1v) is 8.51. The van der Waals surface area contributed by atoms with Gasteiger partial charge in [-0.05, 0) is 48.9 Å². The largest absolute Gasteiger partial charge is 0.494 e. The van der Waals surface area contributed by atoms with Crippen LogP contribution in [-0.4, -0.2) is 31.5 Å². The van der Waals surface area contributed by atoms with E-state index in [9.17, 15) is 14.0 Å². The van der Waals surface area contributed by atoms with E-state index in [1.54, 1.807) is 41.3 Å². The predicted molar refractivity (Wildman–Crippen MR) is 98.8 cm³/mol. The highest BCUT2D eigenvalue weighted by Crippen LogP contribution is 2.19. The lowest BCUT2D eigenvalue weighted by atomic mass is 10.1. The summed E-state index contributed by atoms with van der Waals surface area (Å²) in [6.07, 6.45) is 0.0981. The van der Waals surface area contributed by atoms with E-state index < -0.39 is 0 Å². The molecule has 6 heteroatoms. The van der Waals surface area contributed by atoms with Crippen LogP contribution in [0.2, 0.25) is 0 Å². The van der Waals surface area contributed by atoms with Crippen molar-refractivity contribution in [3.63, 3.8) is 0 Å². The Labute approximate surface area is 152 Å². The van der Waals surface area contributed by atoms with Crippen LogP contribution in [0.25, 0.3) is 0 Å². The van der Waals surface area contributed by atoms with E-state index in [1.165, 1.54) is 19.1 Å². The van der Waals surface area contributed by atoms with E-state index in [2.05, 4.69) is 5.32 Å². The van der Waals surface area contributed by atoms with Gasteiger partial charge in [-0.1, -0.05) is 12.1 Å². The lowest BCUT2D eigenvalue weighted by Crippen LogP contribution is -2.38. The van der Waals surface area contributed by atoms with Crippen LogP contribution in [0.4, 0.5) is 10.1 Å². The molecule has 1 N–H and O–H groups in total. The maximum atomic E-state index is 13.1. The van der Waals surface area contributed by atoms with Gasteiger partial charge in [0.15, 0.2) is 0 Å². The van der Waals surface area contributed by atoms with Gasteiger partial charge in [0.2, 0.25) is 11.8 Å². The fourth-order valence-electron chi connectivity index (χ4n) is 2.56. The molecule has 26 heavy (non-hydrogen) atoms. The molecule has 0 aliphatic rings. The highest BCUT2D eigenvalue weighted by molar-refractivity contribution is 5.91. The Morgan fingerprint density at radius 1 is 1.15 bits per heavy atom. The molecule has 0 heterocycles. The van der Waals surface area contributed by atoms with Crippen LogP contribution < -0.4 is 15.0 Å². The van der Waals surface area contributed by atoms with Crippen LogP contribution >= 0.6 is 0 Å². The van der Waals surface area contributed by atoms with Crippen molar-refractivity contribution in [2.75, 3.05) is 24.6 Å². The number of ether oxygens (including phenoxy) is 1. The quantitative estimate of drug-likeness (QED) is 0.789. The molecule has 0 saturated heterocycles. The maximum Gasteiger partial charge on any atom is 0.224 e. The molecule has 2 aromatic carbocycles. The van der Waals surface area contributed by atoms with Crippen molar-refractivity contribution in [3.8, 4) is 5.75 Å². The van der Waals surface area contributed by atoms with E-state index in [0.717, 1.165) is 11.4 Å². The van der Waals surface area contributed by atoms with Crippen LogP contribution in [0.5, 0.6) is 5.75 Å². The predicted octanol–water partition coefficient (Wildman–Crippen LogP) is 2.94. The smallest absolute Gasteiger partial charge is 0.224 e. The van der Waals surface area contributed by atoms with Gasteiger partial charge in [-0.15, -0.1) is 0 Å². The number of rotatable bonds is 8. The molecule has 0 bridgehead atoms. The van der Waals surface area contributed by atoms with Crippen molar-refractivity contribution >= 4 is 17.5 Å². The highest BCUT2D eigenvalue weighted by atomic mass is 19.1. The number of nitrogens with zero attached hydrogens (tertiary/aromatic N) is 1. The molecule has 2 rings (SSSR count). The van der Waals surface area contributed by atoms with Crippen molar-refractivity contribution in [2.45, 2.75) is 20.3 Å². The van der Waals surface area contributed by atoms with E-state index in [-0.39, 0.29) is 24.1 Å². The summed E-state index contributed by atoms with van der Waals surface area (Å²) < 4.78 is 18.5. The second-order valence-corrected chi connectivity index (χ2v) is 5.75. The van der Waals surface area contributed by atoms with Gasteiger partial charge < -0.3 is 15.0 Å². The van der Waals surface area contributed by atoms with Crippen LogP contribution in [-0.2, 0) is 16.0 Å². The molecule has 2 amide bonds. The van der Waals surface area contributed by atoms with Crippen molar-refractivity contribution in [1.29, 1.82) is 0 Å². The molecule has 0 saturated carbocycles. The van der Waals surface area contributed by atoms with Crippen LogP contribution in [0.1, 0.15) is 19.4 Å². The Balaban J connectivity index is 1.88. The Morgan fingerprint density at radius 3 is 2.50 bits per heavy atom. The number of nitrogens with one attached hydrogen (secondary N) is 1. The van der Waals surface area contributed by atoms with Crippen LogP contribution in [0.15, 0.2) is 48.5 Å². The zero-order valence-corrected chi connectivity index (χ0v) is 15.0. The van der Waals surface area contributed by atoms with Crippen molar-refractivity contribution in [2.24, 2.45) is 0 Å². The van der Waals surface area contributed by atoms with Gasteiger partial charge in [0.25, 0.3) is 0 Å². The Bertz CT molecular complexity index is 747. The number of anilines is 1. The SMILES string of the molecule is CCOc1ccc(N(CCNC(=O)Cc2cccc(F)c2)C(C)=O)cc1.